The molecule has 0 fully saturated rings. The van der Waals surface area contributed by atoms with Crippen LogP contribution in [0.1, 0.15) is 19.2 Å². The second-order valence-electron chi connectivity index (χ2n) is 6.03. The lowest BCUT2D eigenvalue weighted by Gasteiger charge is -2.21. The number of aromatic nitrogens is 3. The van der Waals surface area contributed by atoms with Crippen LogP contribution in [0.4, 0.5) is 18.9 Å². The van der Waals surface area contributed by atoms with Gasteiger partial charge < -0.3 is 5.32 Å². The molecule has 2 aromatic rings. The Bertz CT molecular complexity index is 913. The van der Waals surface area contributed by atoms with E-state index in [2.05, 4.69) is 10.4 Å². The molecule has 0 radical (unpaired) electrons. The normalized spacial score (nSPS) is 11.9. The fourth-order valence-corrected chi connectivity index (χ4v) is 3.04. The first kappa shape index (κ1) is 22.7. The molecule has 1 amide bonds. The van der Waals surface area contributed by atoms with Gasteiger partial charge in [-0.1, -0.05) is 30.1 Å². The zero-order valence-electron chi connectivity index (χ0n) is 15.1. The van der Waals surface area contributed by atoms with Gasteiger partial charge in [-0.15, -0.1) is 5.10 Å². The summed E-state index contributed by atoms with van der Waals surface area (Å²) in [5.74, 6) is -1.49. The third-order valence-corrected chi connectivity index (χ3v) is 4.79. The summed E-state index contributed by atoms with van der Waals surface area (Å²) >= 11 is 17.0. The summed E-state index contributed by atoms with van der Waals surface area (Å²) in [7, 11) is 1.20. The Kier molecular flexibility index (Phi) is 7.49. The summed E-state index contributed by atoms with van der Waals surface area (Å²) in [6.07, 6.45) is -3.94. The molecule has 0 atom stereocenters. The highest BCUT2D eigenvalue weighted by atomic mass is 35.5. The van der Waals surface area contributed by atoms with E-state index < -0.39 is 17.9 Å². The Labute approximate surface area is 174 Å². The van der Waals surface area contributed by atoms with E-state index in [1.165, 1.54) is 13.1 Å². The third kappa shape index (κ3) is 5.69. The van der Waals surface area contributed by atoms with Gasteiger partial charge in [0.15, 0.2) is 4.77 Å². The molecule has 0 saturated carbocycles. The van der Waals surface area contributed by atoms with E-state index in [1.807, 2.05) is 6.92 Å². The SMILES string of the molecule is CCCN(CC(=O)Nc1cc(Cl)ccc1Cl)Cn1nc(C(F)(F)F)n(C)c1=S. The first-order valence-electron chi connectivity index (χ1n) is 8.21. The summed E-state index contributed by atoms with van der Waals surface area (Å²) in [6, 6.07) is 4.65. The minimum absolute atomic E-state index is 0.0622. The quantitative estimate of drug-likeness (QED) is 0.620. The molecule has 0 bridgehead atoms. The fourth-order valence-electron chi connectivity index (χ4n) is 2.52. The lowest BCUT2D eigenvalue weighted by Crippen LogP contribution is -2.35. The number of rotatable bonds is 7. The van der Waals surface area contributed by atoms with Crippen molar-refractivity contribution in [2.75, 3.05) is 18.4 Å². The molecule has 1 heterocycles. The van der Waals surface area contributed by atoms with Crippen LogP contribution in [0.3, 0.4) is 0 Å². The zero-order chi connectivity index (χ0) is 21.1. The summed E-state index contributed by atoms with van der Waals surface area (Å²) in [5.41, 5.74) is 0.351. The van der Waals surface area contributed by atoms with Gasteiger partial charge in [-0.25, -0.2) is 4.68 Å². The van der Waals surface area contributed by atoms with E-state index >= 15 is 0 Å². The smallest absolute Gasteiger partial charge is 0.324 e. The lowest BCUT2D eigenvalue weighted by molar-refractivity contribution is -0.147. The number of nitrogens with one attached hydrogen (secondary N) is 1. The number of benzene rings is 1. The Morgan fingerprint density at radius 1 is 1.36 bits per heavy atom. The molecule has 0 aliphatic rings. The molecule has 12 heteroatoms. The first-order chi connectivity index (χ1) is 13.0. The highest BCUT2D eigenvalue weighted by Gasteiger charge is 2.37. The fraction of sp³-hybridized carbons (Fsp3) is 0.438. The van der Waals surface area contributed by atoms with E-state index in [9.17, 15) is 18.0 Å². The van der Waals surface area contributed by atoms with Crippen molar-refractivity contribution in [3.63, 3.8) is 0 Å². The number of carbonyl (C=O) groups is 1. The van der Waals surface area contributed by atoms with Crippen LogP contribution in [-0.4, -0.2) is 38.2 Å². The van der Waals surface area contributed by atoms with E-state index in [0.29, 0.717) is 28.7 Å². The maximum Gasteiger partial charge on any atom is 0.451 e. The van der Waals surface area contributed by atoms with E-state index in [-0.39, 0.29) is 18.0 Å². The Morgan fingerprint density at radius 2 is 2.04 bits per heavy atom. The number of amides is 1. The van der Waals surface area contributed by atoms with Crippen molar-refractivity contribution >= 4 is 47.0 Å². The average Bonchev–Trinajstić information content (AvgIpc) is 2.87. The van der Waals surface area contributed by atoms with Gasteiger partial charge in [0.2, 0.25) is 11.7 Å². The van der Waals surface area contributed by atoms with Crippen molar-refractivity contribution in [3.8, 4) is 0 Å². The first-order valence-corrected chi connectivity index (χ1v) is 9.37. The van der Waals surface area contributed by atoms with Crippen LogP contribution in [0.15, 0.2) is 18.2 Å². The van der Waals surface area contributed by atoms with Crippen LogP contribution >= 0.6 is 35.4 Å². The maximum atomic E-state index is 13.0. The van der Waals surface area contributed by atoms with Gasteiger partial charge in [-0.05, 0) is 36.8 Å². The lowest BCUT2D eigenvalue weighted by atomic mass is 10.3. The van der Waals surface area contributed by atoms with E-state index in [4.69, 9.17) is 35.4 Å². The molecule has 28 heavy (non-hydrogen) atoms. The molecule has 0 aliphatic heterocycles. The molecular weight excluding hydrogens is 438 g/mol. The second-order valence-corrected chi connectivity index (χ2v) is 7.24. The number of nitrogens with zero attached hydrogens (tertiary/aromatic N) is 4. The van der Waals surface area contributed by atoms with Crippen molar-refractivity contribution in [1.82, 2.24) is 19.2 Å². The second kappa shape index (κ2) is 9.25. The number of hydrogen-bond donors (Lipinski definition) is 1. The largest absolute Gasteiger partial charge is 0.451 e. The van der Waals surface area contributed by atoms with Crippen LogP contribution in [0.25, 0.3) is 0 Å². The van der Waals surface area contributed by atoms with Crippen molar-refractivity contribution in [1.29, 1.82) is 0 Å². The molecule has 0 aliphatic carbocycles. The van der Waals surface area contributed by atoms with Gasteiger partial charge in [-0.3, -0.25) is 14.3 Å². The van der Waals surface area contributed by atoms with Crippen LogP contribution in [0.5, 0.6) is 0 Å². The number of alkyl halides is 3. The Hall–Kier alpha value is -1.62. The van der Waals surface area contributed by atoms with Crippen LogP contribution in [0.2, 0.25) is 10.0 Å². The maximum absolute atomic E-state index is 13.0. The summed E-state index contributed by atoms with van der Waals surface area (Å²) < 4.78 is 40.8. The number of anilines is 1. The van der Waals surface area contributed by atoms with Crippen molar-refractivity contribution in [2.45, 2.75) is 26.2 Å². The number of hydrogen-bond acceptors (Lipinski definition) is 4. The average molecular weight is 456 g/mol. The number of halogens is 5. The van der Waals surface area contributed by atoms with Gasteiger partial charge in [-0.2, -0.15) is 13.2 Å². The molecule has 2 rings (SSSR count). The van der Waals surface area contributed by atoms with Crippen LogP contribution < -0.4 is 5.32 Å². The monoisotopic (exact) mass is 455 g/mol. The molecule has 154 valence electrons. The van der Waals surface area contributed by atoms with Gasteiger partial charge in [0.25, 0.3) is 0 Å². The predicted octanol–water partition coefficient (Wildman–Crippen LogP) is 4.58. The van der Waals surface area contributed by atoms with Gasteiger partial charge in [0.1, 0.15) is 0 Å². The van der Waals surface area contributed by atoms with Gasteiger partial charge >= 0.3 is 6.18 Å². The molecule has 0 saturated heterocycles. The van der Waals surface area contributed by atoms with Crippen molar-refractivity contribution in [2.24, 2.45) is 7.05 Å². The van der Waals surface area contributed by atoms with Crippen molar-refractivity contribution in [3.05, 3.63) is 38.8 Å². The molecule has 1 aromatic heterocycles. The minimum atomic E-state index is -4.62. The molecule has 6 nitrogen and oxygen atoms in total. The van der Waals surface area contributed by atoms with Crippen LogP contribution in [-0.2, 0) is 24.7 Å². The molecule has 0 unspecified atom stereocenters. The molecule has 1 N–H and O–H groups in total. The zero-order valence-corrected chi connectivity index (χ0v) is 17.4. The molecular formula is C16H18Cl2F3N5OS. The highest BCUT2D eigenvalue weighted by Crippen LogP contribution is 2.27. The summed E-state index contributed by atoms with van der Waals surface area (Å²) in [5, 5.41) is 6.93. The Balaban J connectivity index is 2.15. The summed E-state index contributed by atoms with van der Waals surface area (Å²) in [6.45, 7) is 2.19. The van der Waals surface area contributed by atoms with E-state index in [0.717, 1.165) is 9.25 Å². The third-order valence-electron chi connectivity index (χ3n) is 3.74. The summed E-state index contributed by atoms with van der Waals surface area (Å²) in [4.78, 5) is 14.0. The van der Waals surface area contributed by atoms with Crippen molar-refractivity contribution < 1.29 is 18.0 Å². The standard InChI is InChI=1S/C16H18Cl2F3N5OS/c1-3-6-25(8-13(27)22-12-7-10(17)4-5-11(12)18)9-26-15(28)24(2)14(23-26)16(19,20)21/h4-5,7H,3,6,8-9H2,1-2H3,(H,22,27). The topological polar surface area (TPSA) is 55.1 Å². The van der Waals surface area contributed by atoms with Gasteiger partial charge in [0, 0.05) is 18.6 Å². The predicted molar refractivity (Wildman–Crippen MR) is 104 cm³/mol. The Morgan fingerprint density at radius 3 is 2.61 bits per heavy atom. The van der Waals surface area contributed by atoms with E-state index in [1.54, 1.807) is 17.0 Å². The van der Waals surface area contributed by atoms with Crippen LogP contribution in [0, 0.1) is 4.77 Å². The number of carbonyl (C=O) groups excluding carboxylic acids is 1. The molecule has 0 spiro atoms. The van der Waals surface area contributed by atoms with Gasteiger partial charge in [0.05, 0.1) is 23.9 Å². The molecule has 1 aromatic carbocycles. The highest BCUT2D eigenvalue weighted by molar-refractivity contribution is 7.71. The minimum Gasteiger partial charge on any atom is -0.324 e.